The molecule has 0 unspecified atom stereocenters. The quantitative estimate of drug-likeness (QED) is 0.529. The minimum atomic E-state index is 0.0698. The number of phenolic OH excluding ortho intramolecular Hbond substituents is 1. The molecule has 3 aromatic rings. The number of anilines is 2. The van der Waals surface area contributed by atoms with Gasteiger partial charge in [0.2, 0.25) is 0 Å². The Morgan fingerprint density at radius 1 is 0.909 bits per heavy atom. The van der Waals surface area contributed by atoms with Crippen LogP contribution in [0.4, 0.5) is 11.5 Å². The Balaban J connectivity index is 1.98. The molecule has 0 saturated carbocycles. The number of aromatic nitrogens is 2. The molecular weight excluding hydrogens is 321 g/mol. The van der Waals surface area contributed by atoms with Gasteiger partial charge in [-0.15, -0.1) is 0 Å². The fourth-order valence-corrected chi connectivity index (χ4v) is 2.30. The summed E-state index contributed by atoms with van der Waals surface area (Å²) in [6.45, 7) is 0. The van der Waals surface area contributed by atoms with Crippen LogP contribution in [0, 0.1) is 0 Å². The molecule has 0 amide bonds. The van der Waals surface area contributed by atoms with E-state index in [0.29, 0.717) is 27.5 Å². The molecular formula is C16H11Cl2N3O. The number of rotatable bonds is 3. The van der Waals surface area contributed by atoms with E-state index in [0.717, 1.165) is 5.56 Å². The van der Waals surface area contributed by atoms with E-state index in [9.17, 15) is 5.11 Å². The van der Waals surface area contributed by atoms with Crippen LogP contribution in [0.1, 0.15) is 0 Å². The van der Waals surface area contributed by atoms with Gasteiger partial charge in [0.1, 0.15) is 16.7 Å². The maximum atomic E-state index is 9.85. The zero-order valence-electron chi connectivity index (χ0n) is 11.3. The Morgan fingerprint density at radius 3 is 2.45 bits per heavy atom. The number of aromatic hydroxyl groups is 1. The molecule has 2 aromatic carbocycles. The highest BCUT2D eigenvalue weighted by Crippen LogP contribution is 2.30. The van der Waals surface area contributed by atoms with Crippen LogP contribution in [0.15, 0.2) is 54.6 Å². The second-order valence-corrected chi connectivity index (χ2v) is 5.38. The van der Waals surface area contributed by atoms with Gasteiger partial charge in [-0.25, -0.2) is 9.97 Å². The van der Waals surface area contributed by atoms with Gasteiger partial charge in [0.05, 0.1) is 5.69 Å². The van der Waals surface area contributed by atoms with E-state index in [1.54, 1.807) is 18.2 Å². The molecule has 0 spiro atoms. The SMILES string of the molecule is Oc1ccc(Cl)cc1Nc1cc(Cl)nc(-c2ccccc2)n1. The number of hydrogen-bond donors (Lipinski definition) is 2. The number of benzene rings is 2. The second kappa shape index (κ2) is 6.22. The number of phenols is 1. The van der Waals surface area contributed by atoms with Crippen molar-refractivity contribution in [3.05, 3.63) is 64.8 Å². The smallest absolute Gasteiger partial charge is 0.163 e. The van der Waals surface area contributed by atoms with Crippen molar-refractivity contribution in [3.8, 4) is 17.1 Å². The number of nitrogens with zero attached hydrogens (tertiary/aromatic N) is 2. The van der Waals surface area contributed by atoms with Gasteiger partial charge in [-0.05, 0) is 18.2 Å². The predicted octanol–water partition coefficient (Wildman–Crippen LogP) is 4.90. The van der Waals surface area contributed by atoms with Gasteiger partial charge in [0.15, 0.2) is 5.82 Å². The van der Waals surface area contributed by atoms with Crippen molar-refractivity contribution in [3.63, 3.8) is 0 Å². The fraction of sp³-hybridized carbons (Fsp3) is 0. The van der Waals surface area contributed by atoms with Crippen LogP contribution in [-0.2, 0) is 0 Å². The van der Waals surface area contributed by atoms with Gasteiger partial charge in [0.25, 0.3) is 0 Å². The molecule has 22 heavy (non-hydrogen) atoms. The lowest BCUT2D eigenvalue weighted by molar-refractivity contribution is 0.477. The Morgan fingerprint density at radius 2 is 1.68 bits per heavy atom. The van der Waals surface area contributed by atoms with Gasteiger partial charge in [0, 0.05) is 16.7 Å². The summed E-state index contributed by atoms with van der Waals surface area (Å²) in [6.07, 6.45) is 0. The number of halogens is 2. The third-order valence-corrected chi connectivity index (χ3v) is 3.38. The van der Waals surface area contributed by atoms with E-state index in [1.807, 2.05) is 30.3 Å². The maximum absolute atomic E-state index is 9.85. The molecule has 6 heteroatoms. The van der Waals surface area contributed by atoms with E-state index >= 15 is 0 Å². The van der Waals surface area contributed by atoms with Gasteiger partial charge >= 0.3 is 0 Å². The molecule has 0 aliphatic heterocycles. The van der Waals surface area contributed by atoms with E-state index in [-0.39, 0.29) is 5.75 Å². The third kappa shape index (κ3) is 3.30. The van der Waals surface area contributed by atoms with Crippen molar-refractivity contribution in [2.75, 3.05) is 5.32 Å². The lowest BCUT2D eigenvalue weighted by Gasteiger charge is -2.10. The van der Waals surface area contributed by atoms with Crippen LogP contribution in [0.25, 0.3) is 11.4 Å². The highest BCUT2D eigenvalue weighted by atomic mass is 35.5. The first-order valence-corrected chi connectivity index (χ1v) is 7.23. The van der Waals surface area contributed by atoms with Crippen molar-refractivity contribution < 1.29 is 5.11 Å². The summed E-state index contributed by atoms with van der Waals surface area (Å²) in [7, 11) is 0. The lowest BCUT2D eigenvalue weighted by Crippen LogP contribution is -1.98. The van der Waals surface area contributed by atoms with Crippen LogP contribution < -0.4 is 5.32 Å². The van der Waals surface area contributed by atoms with Crippen molar-refractivity contribution >= 4 is 34.7 Å². The molecule has 0 radical (unpaired) electrons. The summed E-state index contributed by atoms with van der Waals surface area (Å²) in [6, 6.07) is 15.8. The monoisotopic (exact) mass is 331 g/mol. The van der Waals surface area contributed by atoms with Gasteiger partial charge in [-0.2, -0.15) is 0 Å². The first-order valence-electron chi connectivity index (χ1n) is 6.47. The molecule has 110 valence electrons. The minimum Gasteiger partial charge on any atom is -0.506 e. The average molecular weight is 332 g/mol. The normalized spacial score (nSPS) is 10.5. The molecule has 0 aliphatic carbocycles. The molecule has 3 rings (SSSR count). The molecule has 0 aliphatic rings. The summed E-state index contributed by atoms with van der Waals surface area (Å²) in [5.41, 5.74) is 1.30. The molecule has 1 aromatic heterocycles. The lowest BCUT2D eigenvalue weighted by atomic mass is 10.2. The summed E-state index contributed by atoms with van der Waals surface area (Å²) in [5.74, 6) is 1.04. The highest BCUT2D eigenvalue weighted by Gasteiger charge is 2.08. The van der Waals surface area contributed by atoms with E-state index in [4.69, 9.17) is 23.2 Å². The molecule has 1 heterocycles. The summed E-state index contributed by atoms with van der Waals surface area (Å²) in [4.78, 5) is 8.62. The van der Waals surface area contributed by atoms with E-state index in [2.05, 4.69) is 15.3 Å². The van der Waals surface area contributed by atoms with E-state index in [1.165, 1.54) is 6.07 Å². The van der Waals surface area contributed by atoms with Crippen LogP contribution in [0.2, 0.25) is 10.2 Å². The fourth-order valence-electron chi connectivity index (χ4n) is 1.94. The molecule has 4 nitrogen and oxygen atoms in total. The van der Waals surface area contributed by atoms with Gasteiger partial charge < -0.3 is 10.4 Å². The first kappa shape index (κ1) is 14.6. The van der Waals surface area contributed by atoms with Crippen LogP contribution in [0.3, 0.4) is 0 Å². The summed E-state index contributed by atoms with van der Waals surface area (Å²) < 4.78 is 0. The average Bonchev–Trinajstić information content (AvgIpc) is 2.51. The van der Waals surface area contributed by atoms with E-state index < -0.39 is 0 Å². The number of nitrogens with one attached hydrogen (secondary N) is 1. The van der Waals surface area contributed by atoms with Crippen LogP contribution >= 0.6 is 23.2 Å². The predicted molar refractivity (Wildman–Crippen MR) is 88.9 cm³/mol. The third-order valence-electron chi connectivity index (χ3n) is 2.95. The molecule has 0 fully saturated rings. The zero-order valence-corrected chi connectivity index (χ0v) is 12.8. The molecule has 0 saturated heterocycles. The molecule has 0 atom stereocenters. The van der Waals surface area contributed by atoms with Crippen molar-refractivity contribution in [2.45, 2.75) is 0 Å². The van der Waals surface area contributed by atoms with Gasteiger partial charge in [-0.3, -0.25) is 0 Å². The summed E-state index contributed by atoms with van der Waals surface area (Å²) in [5, 5.41) is 13.7. The van der Waals surface area contributed by atoms with Crippen molar-refractivity contribution in [1.29, 1.82) is 0 Å². The zero-order chi connectivity index (χ0) is 15.5. The highest BCUT2D eigenvalue weighted by molar-refractivity contribution is 6.31. The van der Waals surface area contributed by atoms with Crippen LogP contribution in [-0.4, -0.2) is 15.1 Å². The number of hydrogen-bond acceptors (Lipinski definition) is 4. The standard InChI is InChI=1S/C16H11Cl2N3O/c17-11-6-7-13(22)12(8-11)19-15-9-14(18)20-16(21-15)10-4-2-1-3-5-10/h1-9,22H,(H,19,20,21). The molecule has 0 bridgehead atoms. The Hall–Kier alpha value is -2.30. The largest absolute Gasteiger partial charge is 0.506 e. The maximum Gasteiger partial charge on any atom is 0.163 e. The van der Waals surface area contributed by atoms with Crippen molar-refractivity contribution in [2.24, 2.45) is 0 Å². The Labute approximate surface area is 137 Å². The van der Waals surface area contributed by atoms with Gasteiger partial charge in [-0.1, -0.05) is 53.5 Å². The molecule has 2 N–H and O–H groups in total. The first-order chi connectivity index (χ1) is 10.6. The second-order valence-electron chi connectivity index (χ2n) is 4.55. The Kier molecular flexibility index (Phi) is 4.13. The minimum absolute atomic E-state index is 0.0698. The van der Waals surface area contributed by atoms with Crippen molar-refractivity contribution in [1.82, 2.24) is 9.97 Å². The summed E-state index contributed by atoms with van der Waals surface area (Å²) >= 11 is 12.0. The Bertz CT molecular complexity index is 810. The van der Waals surface area contributed by atoms with Crippen LogP contribution in [0.5, 0.6) is 5.75 Å². The topological polar surface area (TPSA) is 58.0 Å².